The zero-order chi connectivity index (χ0) is 23.4. The molecule has 0 saturated carbocycles. The van der Waals surface area contributed by atoms with Crippen LogP contribution in [-0.4, -0.2) is 27.1 Å². The Labute approximate surface area is 204 Å². The molecule has 0 bridgehead atoms. The molecule has 3 aromatic carbocycles. The Bertz CT molecular complexity index is 1200. The average molecular weight is 502 g/mol. The van der Waals surface area contributed by atoms with Gasteiger partial charge in [-0.15, -0.1) is 0 Å². The Kier molecular flexibility index (Phi) is 7.33. The van der Waals surface area contributed by atoms with Gasteiger partial charge in [-0.25, -0.2) is 9.38 Å². The summed E-state index contributed by atoms with van der Waals surface area (Å²) in [5.41, 5.74) is 1.52. The number of hydrogen-bond acceptors (Lipinski definition) is 4. The maximum atomic E-state index is 14.0. The minimum absolute atomic E-state index is 0.0435. The fourth-order valence-electron chi connectivity index (χ4n) is 3.17. The van der Waals surface area contributed by atoms with E-state index in [1.54, 1.807) is 42.5 Å². The second-order valence-corrected chi connectivity index (χ2v) is 9.30. The highest BCUT2D eigenvalue weighted by molar-refractivity contribution is 8.15. The van der Waals surface area contributed by atoms with Crippen molar-refractivity contribution in [3.63, 3.8) is 0 Å². The lowest BCUT2D eigenvalue weighted by atomic mass is 10.2. The smallest absolute Gasteiger partial charge is 0.238 e. The summed E-state index contributed by atoms with van der Waals surface area (Å²) in [4.78, 5) is 32.1. The van der Waals surface area contributed by atoms with Crippen molar-refractivity contribution in [2.24, 2.45) is 4.99 Å². The third kappa shape index (κ3) is 5.93. The first kappa shape index (κ1) is 23.3. The molecular formula is C24H18Cl2FN3O2S. The van der Waals surface area contributed by atoms with Crippen LogP contribution in [0, 0.1) is 5.82 Å². The average Bonchev–Trinajstić information content (AvgIpc) is 2.80. The van der Waals surface area contributed by atoms with Crippen molar-refractivity contribution in [2.45, 2.75) is 18.2 Å². The van der Waals surface area contributed by atoms with E-state index in [4.69, 9.17) is 23.2 Å². The van der Waals surface area contributed by atoms with Gasteiger partial charge in [0.2, 0.25) is 11.8 Å². The van der Waals surface area contributed by atoms with Gasteiger partial charge in [-0.05, 0) is 54.1 Å². The summed E-state index contributed by atoms with van der Waals surface area (Å²) in [6.45, 7) is 0.275. The number of nitrogens with one attached hydrogen (secondary N) is 1. The number of hydrogen-bond donors (Lipinski definition) is 1. The number of rotatable bonds is 5. The molecule has 0 radical (unpaired) electrons. The zero-order valence-electron chi connectivity index (χ0n) is 17.2. The van der Waals surface area contributed by atoms with Crippen molar-refractivity contribution in [3.05, 3.63) is 94.2 Å². The van der Waals surface area contributed by atoms with Crippen molar-refractivity contribution in [3.8, 4) is 0 Å². The molecule has 1 fully saturated rings. The van der Waals surface area contributed by atoms with Crippen LogP contribution in [0.4, 0.5) is 15.8 Å². The van der Waals surface area contributed by atoms with Crippen LogP contribution >= 0.6 is 35.0 Å². The molecule has 0 spiro atoms. The molecule has 0 aromatic heterocycles. The molecule has 1 saturated heterocycles. The van der Waals surface area contributed by atoms with Gasteiger partial charge in [-0.2, -0.15) is 0 Å². The van der Waals surface area contributed by atoms with Crippen molar-refractivity contribution in [1.82, 2.24) is 4.90 Å². The predicted octanol–water partition coefficient (Wildman–Crippen LogP) is 6.29. The summed E-state index contributed by atoms with van der Waals surface area (Å²) in [6, 6.07) is 19.9. The van der Waals surface area contributed by atoms with E-state index < -0.39 is 17.0 Å². The first-order valence-electron chi connectivity index (χ1n) is 10.00. The summed E-state index contributed by atoms with van der Waals surface area (Å²) in [5.74, 6) is -1.27. The topological polar surface area (TPSA) is 61.8 Å². The molecule has 1 heterocycles. The monoisotopic (exact) mass is 501 g/mol. The van der Waals surface area contributed by atoms with Crippen molar-refractivity contribution in [2.75, 3.05) is 5.32 Å². The maximum absolute atomic E-state index is 14.0. The predicted molar refractivity (Wildman–Crippen MR) is 132 cm³/mol. The minimum atomic E-state index is -0.760. The molecular weight excluding hydrogens is 484 g/mol. The van der Waals surface area contributed by atoms with E-state index in [1.807, 2.05) is 12.1 Å². The van der Waals surface area contributed by atoms with Gasteiger partial charge in [0, 0.05) is 16.5 Å². The molecule has 9 heteroatoms. The van der Waals surface area contributed by atoms with Crippen LogP contribution in [0.1, 0.15) is 12.0 Å². The molecule has 4 rings (SSSR count). The van der Waals surface area contributed by atoms with E-state index in [-0.39, 0.29) is 24.6 Å². The van der Waals surface area contributed by atoms with E-state index in [9.17, 15) is 14.0 Å². The molecule has 1 aliphatic rings. The molecule has 3 aromatic rings. The van der Waals surface area contributed by atoms with Crippen LogP contribution in [0.15, 0.2) is 77.8 Å². The molecule has 1 unspecified atom stereocenters. The van der Waals surface area contributed by atoms with Crippen LogP contribution in [0.3, 0.4) is 0 Å². The largest absolute Gasteiger partial charge is 0.323 e. The number of amidine groups is 1. The van der Waals surface area contributed by atoms with Crippen molar-refractivity contribution < 1.29 is 14.0 Å². The lowest BCUT2D eigenvalue weighted by molar-refractivity contribution is -0.129. The number of nitrogens with zero attached hydrogens (tertiary/aromatic N) is 2. The number of halogens is 3. The van der Waals surface area contributed by atoms with Crippen molar-refractivity contribution >= 4 is 63.3 Å². The Balaban J connectivity index is 1.60. The van der Waals surface area contributed by atoms with Gasteiger partial charge in [0.05, 0.1) is 17.9 Å². The number of para-hydroxylation sites is 1. The lowest BCUT2D eigenvalue weighted by Gasteiger charge is -2.32. The van der Waals surface area contributed by atoms with Crippen molar-refractivity contribution in [1.29, 1.82) is 0 Å². The molecule has 5 nitrogen and oxygen atoms in total. The molecule has 33 heavy (non-hydrogen) atoms. The van der Waals surface area contributed by atoms with Gasteiger partial charge >= 0.3 is 0 Å². The van der Waals surface area contributed by atoms with Gasteiger partial charge in [-0.3, -0.25) is 14.5 Å². The summed E-state index contributed by atoms with van der Waals surface area (Å²) in [6.07, 6.45) is -0.0435. The molecule has 1 atom stereocenters. The number of thioether (sulfide) groups is 1. The Morgan fingerprint density at radius 1 is 1.03 bits per heavy atom. The van der Waals surface area contributed by atoms with Crippen LogP contribution < -0.4 is 5.32 Å². The van der Waals surface area contributed by atoms with E-state index in [2.05, 4.69) is 10.3 Å². The first-order chi connectivity index (χ1) is 15.9. The third-order valence-electron chi connectivity index (χ3n) is 4.87. The Morgan fingerprint density at radius 2 is 1.67 bits per heavy atom. The fourth-order valence-corrected chi connectivity index (χ4v) is 4.52. The van der Waals surface area contributed by atoms with Gasteiger partial charge in [0.15, 0.2) is 5.17 Å². The summed E-state index contributed by atoms with van der Waals surface area (Å²) < 4.78 is 14.0. The number of benzene rings is 3. The highest BCUT2D eigenvalue weighted by Crippen LogP contribution is 2.31. The number of carbonyl (C=O) groups excluding carboxylic acids is 2. The highest BCUT2D eigenvalue weighted by Gasteiger charge is 2.36. The summed E-state index contributed by atoms with van der Waals surface area (Å²) in [7, 11) is 0. The highest BCUT2D eigenvalue weighted by atomic mass is 35.5. The first-order valence-corrected chi connectivity index (χ1v) is 11.6. The number of aliphatic imine (C=N–C) groups is 1. The van der Waals surface area contributed by atoms with Crippen LogP contribution in [-0.2, 0) is 16.1 Å². The van der Waals surface area contributed by atoms with E-state index in [0.717, 1.165) is 17.3 Å². The van der Waals surface area contributed by atoms with Crippen LogP contribution in [0.25, 0.3) is 0 Å². The van der Waals surface area contributed by atoms with E-state index in [1.165, 1.54) is 23.1 Å². The summed E-state index contributed by atoms with van der Waals surface area (Å²) in [5, 5.41) is 3.34. The Hall–Kier alpha value is -2.87. The standard InChI is InChI=1S/C24H18Cl2FN3O2S/c25-16-7-5-15(6-8-16)14-30-22(31)13-21(23(32)29-20-4-2-1-3-19(20)27)33-24(30)28-18-11-9-17(26)10-12-18/h1-12,21H,13-14H2,(H,29,32). The van der Waals surface area contributed by atoms with Gasteiger partial charge < -0.3 is 5.32 Å². The Morgan fingerprint density at radius 3 is 2.33 bits per heavy atom. The van der Waals surface area contributed by atoms with Gasteiger partial charge in [0.25, 0.3) is 0 Å². The third-order valence-corrected chi connectivity index (χ3v) is 6.56. The number of anilines is 1. The second kappa shape index (κ2) is 10.4. The van der Waals surface area contributed by atoms with Crippen LogP contribution in [0.2, 0.25) is 10.0 Å². The van der Waals surface area contributed by atoms with Crippen LogP contribution in [0.5, 0.6) is 0 Å². The normalized spacial score (nSPS) is 17.3. The van der Waals surface area contributed by atoms with E-state index in [0.29, 0.717) is 20.9 Å². The molecule has 2 amide bonds. The minimum Gasteiger partial charge on any atom is -0.323 e. The second-order valence-electron chi connectivity index (χ2n) is 7.26. The lowest BCUT2D eigenvalue weighted by Crippen LogP contribution is -2.44. The zero-order valence-corrected chi connectivity index (χ0v) is 19.5. The maximum Gasteiger partial charge on any atom is 0.238 e. The van der Waals surface area contributed by atoms with Gasteiger partial charge in [-0.1, -0.05) is 59.2 Å². The number of carbonyl (C=O) groups is 2. The summed E-state index contributed by atoms with van der Waals surface area (Å²) >= 11 is 13.1. The molecule has 168 valence electrons. The number of amides is 2. The quantitative estimate of drug-likeness (QED) is 0.446. The van der Waals surface area contributed by atoms with E-state index >= 15 is 0 Å². The SMILES string of the molecule is O=C(Nc1ccccc1F)C1CC(=O)N(Cc2ccc(Cl)cc2)C(=Nc2ccc(Cl)cc2)S1. The molecule has 1 N–H and O–H groups in total. The fraction of sp³-hybridized carbons (Fsp3) is 0.125. The van der Waals surface area contributed by atoms with Gasteiger partial charge in [0.1, 0.15) is 11.1 Å². The molecule has 0 aliphatic carbocycles. The molecule has 1 aliphatic heterocycles.